The van der Waals surface area contributed by atoms with Crippen LogP contribution in [-0.4, -0.2) is 55.0 Å². The van der Waals surface area contributed by atoms with E-state index >= 15 is 4.39 Å². The van der Waals surface area contributed by atoms with Crippen LogP contribution in [0.25, 0.3) is 33.5 Å². The molecule has 1 N–H and O–H groups in total. The summed E-state index contributed by atoms with van der Waals surface area (Å²) < 4.78 is 21.1. The van der Waals surface area contributed by atoms with E-state index in [0.717, 1.165) is 47.5 Å². The molecule has 5 aromatic rings. The molecule has 3 aromatic heterocycles. The monoisotopic (exact) mass is 472 g/mol. The largest absolute Gasteiger partial charge is 0.396 e. The van der Waals surface area contributed by atoms with E-state index in [1.807, 2.05) is 23.9 Å². The summed E-state index contributed by atoms with van der Waals surface area (Å²) in [5, 5.41) is 14.7. The van der Waals surface area contributed by atoms with Gasteiger partial charge in [0.15, 0.2) is 5.82 Å². The fraction of sp³-hybridized carbons (Fsp3) is 0.269. The maximum absolute atomic E-state index is 15.3. The molecule has 4 heterocycles. The van der Waals surface area contributed by atoms with E-state index in [9.17, 15) is 9.90 Å². The van der Waals surface area contributed by atoms with E-state index in [1.165, 1.54) is 6.07 Å². The Bertz CT molecular complexity index is 1580. The third kappa shape index (κ3) is 3.50. The first-order valence-electron chi connectivity index (χ1n) is 11.7. The number of aromatic nitrogens is 5. The molecular weight excluding hydrogens is 447 g/mol. The van der Waals surface area contributed by atoms with Crippen molar-refractivity contribution in [3.05, 3.63) is 65.7 Å². The SMILES string of the molecule is Cn1cc(Cn2c(-c3cc4cccc5c4n3CCN5CCCO)nc3cc(C=O)cc(F)c32)cn1. The third-order valence-electron chi connectivity index (χ3n) is 6.70. The van der Waals surface area contributed by atoms with Crippen molar-refractivity contribution in [1.29, 1.82) is 0 Å². The molecule has 2 aromatic carbocycles. The van der Waals surface area contributed by atoms with Gasteiger partial charge in [0.05, 0.1) is 35.2 Å². The summed E-state index contributed by atoms with van der Waals surface area (Å²) >= 11 is 0. The molecule has 0 saturated carbocycles. The highest BCUT2D eigenvalue weighted by molar-refractivity contribution is 5.97. The molecule has 0 fully saturated rings. The first kappa shape index (κ1) is 21.5. The molecule has 6 rings (SSSR count). The highest BCUT2D eigenvalue weighted by Gasteiger charge is 2.26. The number of carbonyl (C=O) groups is 1. The van der Waals surface area contributed by atoms with Crippen LogP contribution in [0.2, 0.25) is 0 Å². The van der Waals surface area contributed by atoms with Crippen molar-refractivity contribution < 1.29 is 14.3 Å². The Morgan fingerprint density at radius 2 is 2.06 bits per heavy atom. The van der Waals surface area contributed by atoms with E-state index in [-0.39, 0.29) is 12.2 Å². The topological polar surface area (TPSA) is 81.1 Å². The lowest BCUT2D eigenvalue weighted by atomic mass is 10.1. The summed E-state index contributed by atoms with van der Waals surface area (Å²) in [4.78, 5) is 18.5. The van der Waals surface area contributed by atoms with E-state index in [0.29, 0.717) is 36.1 Å². The summed E-state index contributed by atoms with van der Waals surface area (Å²) in [5.41, 5.74) is 5.14. The number of nitrogens with zero attached hydrogens (tertiary/aromatic N) is 6. The van der Waals surface area contributed by atoms with Crippen LogP contribution >= 0.6 is 0 Å². The summed E-state index contributed by atoms with van der Waals surface area (Å²) in [5.74, 6) is 0.176. The smallest absolute Gasteiger partial charge is 0.158 e. The Labute approximate surface area is 200 Å². The van der Waals surface area contributed by atoms with Gasteiger partial charge in [0.25, 0.3) is 0 Å². The Morgan fingerprint density at radius 3 is 2.83 bits per heavy atom. The van der Waals surface area contributed by atoms with Gasteiger partial charge in [-0.3, -0.25) is 9.48 Å². The first-order valence-corrected chi connectivity index (χ1v) is 11.7. The number of hydrogen-bond donors (Lipinski definition) is 1. The second-order valence-electron chi connectivity index (χ2n) is 8.99. The van der Waals surface area contributed by atoms with Gasteiger partial charge in [-0.1, -0.05) is 12.1 Å². The summed E-state index contributed by atoms with van der Waals surface area (Å²) in [7, 11) is 1.85. The van der Waals surface area contributed by atoms with Crippen molar-refractivity contribution >= 4 is 33.9 Å². The van der Waals surface area contributed by atoms with Crippen LogP contribution in [0.5, 0.6) is 0 Å². The average molecular weight is 473 g/mol. The molecule has 0 amide bonds. The molecule has 0 bridgehead atoms. The van der Waals surface area contributed by atoms with Gasteiger partial charge in [-0.25, -0.2) is 9.37 Å². The van der Waals surface area contributed by atoms with Gasteiger partial charge in [-0.2, -0.15) is 5.10 Å². The molecule has 35 heavy (non-hydrogen) atoms. The number of carbonyl (C=O) groups excluding carboxylic acids is 1. The zero-order chi connectivity index (χ0) is 24.1. The number of hydrogen-bond acceptors (Lipinski definition) is 5. The molecular formula is C26H25FN6O2. The lowest BCUT2D eigenvalue weighted by molar-refractivity contribution is 0.112. The zero-order valence-electron chi connectivity index (χ0n) is 19.4. The normalized spacial score (nSPS) is 13.3. The maximum atomic E-state index is 15.3. The number of aryl methyl sites for hydroxylation is 1. The molecule has 0 unspecified atom stereocenters. The first-order chi connectivity index (χ1) is 17.1. The number of aliphatic hydroxyl groups is 1. The maximum Gasteiger partial charge on any atom is 0.158 e. The van der Waals surface area contributed by atoms with Crippen LogP contribution < -0.4 is 4.90 Å². The summed E-state index contributed by atoms with van der Waals surface area (Å²) in [6, 6.07) is 11.2. The van der Waals surface area contributed by atoms with Crippen molar-refractivity contribution in [2.24, 2.45) is 7.05 Å². The fourth-order valence-corrected chi connectivity index (χ4v) is 5.20. The highest BCUT2D eigenvalue weighted by Crippen LogP contribution is 2.38. The summed E-state index contributed by atoms with van der Waals surface area (Å²) in [6.45, 7) is 2.90. The van der Waals surface area contributed by atoms with Gasteiger partial charge in [-0.15, -0.1) is 0 Å². The van der Waals surface area contributed by atoms with Crippen molar-refractivity contribution in [2.75, 3.05) is 24.6 Å². The average Bonchev–Trinajstić information content (AvgIpc) is 3.55. The second-order valence-corrected chi connectivity index (χ2v) is 8.99. The minimum atomic E-state index is -0.474. The van der Waals surface area contributed by atoms with Crippen molar-refractivity contribution in [3.63, 3.8) is 0 Å². The molecule has 0 radical (unpaired) electrons. The standard InChI is InChI=1S/C26H25FN6O2/c1-30-14-18(13-28-30)15-33-25-20(27)10-17(16-35)11-21(25)29-26(33)23-12-19-4-2-5-22-24(19)32(23)8-7-31(22)6-3-9-34/h2,4-5,10-14,16,34H,3,6-9,15H2,1H3. The highest BCUT2D eigenvalue weighted by atomic mass is 19.1. The predicted molar refractivity (Wildman–Crippen MR) is 132 cm³/mol. The summed E-state index contributed by atoms with van der Waals surface area (Å²) in [6.07, 6.45) is 5.03. The number of imidazole rings is 1. The van der Waals surface area contributed by atoms with Gasteiger partial charge in [0.1, 0.15) is 17.6 Å². The van der Waals surface area contributed by atoms with Crippen LogP contribution in [0.15, 0.2) is 48.8 Å². The number of rotatable bonds is 7. The number of aliphatic hydroxyl groups excluding tert-OH is 1. The second kappa shape index (κ2) is 8.35. The van der Waals surface area contributed by atoms with Crippen molar-refractivity contribution in [2.45, 2.75) is 19.5 Å². The van der Waals surface area contributed by atoms with Gasteiger partial charge >= 0.3 is 0 Å². The Kier molecular flexibility index (Phi) is 5.14. The van der Waals surface area contributed by atoms with E-state index < -0.39 is 5.82 Å². The molecule has 9 heteroatoms. The minimum Gasteiger partial charge on any atom is -0.396 e. The van der Waals surface area contributed by atoms with Crippen molar-refractivity contribution in [1.82, 2.24) is 23.9 Å². The van der Waals surface area contributed by atoms with Crippen LogP contribution in [0, 0.1) is 5.82 Å². The molecule has 0 aliphatic carbocycles. The quantitative estimate of drug-likeness (QED) is 0.366. The Hall–Kier alpha value is -3.98. The van der Waals surface area contributed by atoms with Crippen LogP contribution in [0.1, 0.15) is 22.3 Å². The molecule has 0 atom stereocenters. The van der Waals surface area contributed by atoms with Crippen molar-refractivity contribution in [3.8, 4) is 11.5 Å². The number of fused-ring (bicyclic) bond motifs is 1. The zero-order valence-corrected chi connectivity index (χ0v) is 19.4. The minimum absolute atomic E-state index is 0.158. The molecule has 1 aliphatic rings. The van der Waals surface area contributed by atoms with Crippen LogP contribution in [0.4, 0.5) is 10.1 Å². The van der Waals surface area contributed by atoms with Gasteiger partial charge in [0.2, 0.25) is 0 Å². The van der Waals surface area contributed by atoms with E-state index in [2.05, 4.69) is 32.8 Å². The fourth-order valence-electron chi connectivity index (χ4n) is 5.20. The molecule has 0 spiro atoms. The predicted octanol–water partition coefficient (Wildman–Crippen LogP) is 3.59. The van der Waals surface area contributed by atoms with Crippen LogP contribution in [-0.2, 0) is 20.1 Å². The van der Waals surface area contributed by atoms with Gasteiger partial charge < -0.3 is 19.1 Å². The van der Waals surface area contributed by atoms with E-state index in [1.54, 1.807) is 16.9 Å². The molecule has 178 valence electrons. The lowest BCUT2D eigenvalue weighted by Crippen LogP contribution is -2.33. The number of benzene rings is 2. The number of halogens is 1. The Morgan fingerprint density at radius 1 is 1.17 bits per heavy atom. The number of para-hydroxylation sites is 1. The number of aldehydes is 1. The lowest BCUT2D eigenvalue weighted by Gasteiger charge is -2.31. The van der Waals surface area contributed by atoms with Gasteiger partial charge in [-0.05, 0) is 30.7 Å². The molecule has 1 aliphatic heterocycles. The molecule has 0 saturated heterocycles. The van der Waals surface area contributed by atoms with Gasteiger partial charge in [0, 0.05) is 56.0 Å². The van der Waals surface area contributed by atoms with E-state index in [4.69, 9.17) is 4.98 Å². The Balaban J connectivity index is 1.58. The molecule has 8 nitrogen and oxygen atoms in total. The number of anilines is 1. The third-order valence-corrected chi connectivity index (χ3v) is 6.70. The van der Waals surface area contributed by atoms with Crippen LogP contribution in [0.3, 0.4) is 0 Å².